The summed E-state index contributed by atoms with van der Waals surface area (Å²) in [6, 6.07) is 4.68. The molecule has 2 atom stereocenters. The summed E-state index contributed by atoms with van der Waals surface area (Å²) in [6.07, 6.45) is -0.634. The van der Waals surface area contributed by atoms with E-state index in [-0.39, 0.29) is 5.82 Å². The molecule has 0 amide bonds. The molecular formula is C13H18FNOS. The summed E-state index contributed by atoms with van der Waals surface area (Å²) in [4.78, 5) is 2.24. The molecule has 1 aromatic rings. The Balaban J connectivity index is 2.30. The summed E-state index contributed by atoms with van der Waals surface area (Å²) >= 11 is 1.96. The predicted octanol–water partition coefficient (Wildman–Crippen LogP) is 2.82. The van der Waals surface area contributed by atoms with E-state index in [1.807, 2.05) is 11.8 Å². The summed E-state index contributed by atoms with van der Waals surface area (Å²) < 4.78 is 13.2. The van der Waals surface area contributed by atoms with Crippen LogP contribution in [0.15, 0.2) is 18.2 Å². The van der Waals surface area contributed by atoms with Crippen molar-refractivity contribution in [1.82, 2.24) is 0 Å². The van der Waals surface area contributed by atoms with Crippen LogP contribution < -0.4 is 4.90 Å². The minimum Gasteiger partial charge on any atom is -0.389 e. The van der Waals surface area contributed by atoms with Crippen molar-refractivity contribution < 1.29 is 9.50 Å². The predicted molar refractivity (Wildman–Crippen MR) is 71.2 cm³/mol. The SMILES string of the molecule is CC1CN(c2ccc(F)cc2C(C)O)CCS1. The van der Waals surface area contributed by atoms with Crippen LogP contribution >= 0.6 is 11.8 Å². The quantitative estimate of drug-likeness (QED) is 0.879. The van der Waals surface area contributed by atoms with Crippen LogP contribution in [0.4, 0.5) is 10.1 Å². The first kappa shape index (κ1) is 12.7. The van der Waals surface area contributed by atoms with Gasteiger partial charge in [-0.1, -0.05) is 6.92 Å². The third-order valence-electron chi connectivity index (χ3n) is 3.02. The normalized spacial score (nSPS) is 22.6. The molecule has 1 aliphatic heterocycles. The van der Waals surface area contributed by atoms with Crippen molar-refractivity contribution >= 4 is 17.4 Å². The molecule has 0 saturated carbocycles. The molecule has 4 heteroatoms. The van der Waals surface area contributed by atoms with E-state index < -0.39 is 6.10 Å². The first-order valence-corrected chi connectivity index (χ1v) is 6.97. The van der Waals surface area contributed by atoms with E-state index >= 15 is 0 Å². The Kier molecular flexibility index (Phi) is 3.94. The molecule has 2 rings (SSSR count). The lowest BCUT2D eigenvalue weighted by atomic mass is 10.1. The molecule has 0 aromatic heterocycles. The van der Waals surface area contributed by atoms with Gasteiger partial charge in [-0.15, -0.1) is 0 Å². The Labute approximate surface area is 106 Å². The van der Waals surface area contributed by atoms with Gasteiger partial charge in [-0.25, -0.2) is 4.39 Å². The summed E-state index contributed by atoms with van der Waals surface area (Å²) in [7, 11) is 0. The highest BCUT2D eigenvalue weighted by atomic mass is 32.2. The second kappa shape index (κ2) is 5.27. The molecule has 1 aromatic carbocycles. The molecular weight excluding hydrogens is 237 g/mol. The number of aliphatic hydroxyl groups is 1. The summed E-state index contributed by atoms with van der Waals surface area (Å²) in [6.45, 7) is 5.79. The van der Waals surface area contributed by atoms with Gasteiger partial charge in [-0.2, -0.15) is 11.8 Å². The van der Waals surface area contributed by atoms with Gasteiger partial charge in [0, 0.05) is 35.3 Å². The number of hydrogen-bond donors (Lipinski definition) is 1. The second-order valence-electron chi connectivity index (χ2n) is 4.51. The van der Waals surface area contributed by atoms with Crippen molar-refractivity contribution in [3.05, 3.63) is 29.6 Å². The fraction of sp³-hybridized carbons (Fsp3) is 0.538. The number of rotatable bonds is 2. The standard InChI is InChI=1S/C13H18FNOS/c1-9-8-15(5-6-17-9)13-4-3-11(14)7-12(13)10(2)16/h3-4,7,9-10,16H,5-6,8H2,1-2H3. The van der Waals surface area contributed by atoms with Crippen molar-refractivity contribution in [2.24, 2.45) is 0 Å². The molecule has 1 heterocycles. The molecule has 1 saturated heterocycles. The fourth-order valence-corrected chi connectivity index (χ4v) is 3.20. The average Bonchev–Trinajstić information content (AvgIpc) is 2.28. The zero-order valence-electron chi connectivity index (χ0n) is 10.2. The maximum Gasteiger partial charge on any atom is 0.123 e. The highest BCUT2D eigenvalue weighted by Crippen LogP contribution is 2.30. The molecule has 0 radical (unpaired) electrons. The Morgan fingerprint density at radius 1 is 1.53 bits per heavy atom. The van der Waals surface area contributed by atoms with E-state index in [9.17, 15) is 9.50 Å². The summed E-state index contributed by atoms with van der Waals surface area (Å²) in [5.41, 5.74) is 1.65. The Morgan fingerprint density at radius 3 is 2.94 bits per heavy atom. The largest absolute Gasteiger partial charge is 0.389 e. The lowest BCUT2D eigenvalue weighted by molar-refractivity contribution is 0.199. The summed E-state index contributed by atoms with van der Waals surface area (Å²) in [5.74, 6) is 0.793. The van der Waals surface area contributed by atoms with Gasteiger partial charge in [-0.3, -0.25) is 0 Å². The smallest absolute Gasteiger partial charge is 0.123 e. The average molecular weight is 255 g/mol. The number of aliphatic hydroxyl groups excluding tert-OH is 1. The molecule has 1 N–H and O–H groups in total. The Bertz CT molecular complexity index is 397. The van der Waals surface area contributed by atoms with Crippen LogP contribution in [0.2, 0.25) is 0 Å². The molecule has 17 heavy (non-hydrogen) atoms. The number of nitrogens with zero attached hydrogens (tertiary/aromatic N) is 1. The molecule has 2 nitrogen and oxygen atoms in total. The topological polar surface area (TPSA) is 23.5 Å². The lowest BCUT2D eigenvalue weighted by Crippen LogP contribution is -2.37. The molecule has 1 fully saturated rings. The van der Waals surface area contributed by atoms with Crippen molar-refractivity contribution in [2.75, 3.05) is 23.7 Å². The minimum atomic E-state index is -0.634. The zero-order valence-corrected chi connectivity index (χ0v) is 11.0. The van der Waals surface area contributed by atoms with Crippen LogP contribution in [0.3, 0.4) is 0 Å². The van der Waals surface area contributed by atoms with Gasteiger partial charge in [-0.05, 0) is 25.1 Å². The maximum atomic E-state index is 13.2. The third kappa shape index (κ3) is 2.93. The molecule has 0 aliphatic carbocycles. The van der Waals surface area contributed by atoms with Gasteiger partial charge < -0.3 is 10.0 Å². The van der Waals surface area contributed by atoms with Gasteiger partial charge in [0.2, 0.25) is 0 Å². The number of hydrogen-bond acceptors (Lipinski definition) is 3. The Morgan fingerprint density at radius 2 is 2.29 bits per heavy atom. The third-order valence-corrected chi connectivity index (χ3v) is 4.16. The Hall–Kier alpha value is -0.740. The molecule has 94 valence electrons. The fourth-order valence-electron chi connectivity index (χ4n) is 2.19. The van der Waals surface area contributed by atoms with Gasteiger partial charge in [0.1, 0.15) is 5.82 Å². The van der Waals surface area contributed by atoms with Crippen LogP contribution in [0, 0.1) is 5.82 Å². The number of halogens is 1. The minimum absolute atomic E-state index is 0.288. The maximum absolute atomic E-state index is 13.2. The van der Waals surface area contributed by atoms with Gasteiger partial charge in [0.25, 0.3) is 0 Å². The zero-order chi connectivity index (χ0) is 12.4. The highest BCUT2D eigenvalue weighted by molar-refractivity contribution is 8.00. The van der Waals surface area contributed by atoms with E-state index in [0.29, 0.717) is 10.8 Å². The van der Waals surface area contributed by atoms with Crippen molar-refractivity contribution in [3.63, 3.8) is 0 Å². The highest BCUT2D eigenvalue weighted by Gasteiger charge is 2.20. The first-order chi connectivity index (χ1) is 8.08. The monoisotopic (exact) mass is 255 g/mol. The van der Waals surface area contributed by atoms with Gasteiger partial charge in [0.15, 0.2) is 0 Å². The number of anilines is 1. The molecule has 2 unspecified atom stereocenters. The molecule has 0 bridgehead atoms. The van der Waals surface area contributed by atoms with Crippen LogP contribution in [0.25, 0.3) is 0 Å². The molecule has 0 spiro atoms. The van der Waals surface area contributed by atoms with Crippen LogP contribution in [-0.4, -0.2) is 29.2 Å². The van der Waals surface area contributed by atoms with Gasteiger partial charge >= 0.3 is 0 Å². The summed E-state index contributed by atoms with van der Waals surface area (Å²) in [5, 5.41) is 10.3. The van der Waals surface area contributed by atoms with Crippen LogP contribution in [-0.2, 0) is 0 Å². The lowest BCUT2D eigenvalue weighted by Gasteiger charge is -2.34. The number of benzene rings is 1. The molecule has 1 aliphatic rings. The van der Waals surface area contributed by atoms with E-state index in [0.717, 1.165) is 24.5 Å². The van der Waals surface area contributed by atoms with Gasteiger partial charge in [0.05, 0.1) is 6.10 Å². The second-order valence-corrected chi connectivity index (χ2v) is 6.05. The van der Waals surface area contributed by atoms with E-state index in [4.69, 9.17) is 0 Å². The first-order valence-electron chi connectivity index (χ1n) is 5.92. The van der Waals surface area contributed by atoms with Crippen molar-refractivity contribution in [2.45, 2.75) is 25.2 Å². The number of thioether (sulfide) groups is 1. The van der Waals surface area contributed by atoms with E-state index in [1.54, 1.807) is 13.0 Å². The van der Waals surface area contributed by atoms with E-state index in [1.165, 1.54) is 12.1 Å². The van der Waals surface area contributed by atoms with Crippen molar-refractivity contribution in [3.8, 4) is 0 Å². The van der Waals surface area contributed by atoms with E-state index in [2.05, 4.69) is 11.8 Å². The van der Waals surface area contributed by atoms with Crippen LogP contribution in [0.1, 0.15) is 25.5 Å². The van der Waals surface area contributed by atoms with Crippen molar-refractivity contribution in [1.29, 1.82) is 0 Å². The van der Waals surface area contributed by atoms with Crippen LogP contribution in [0.5, 0.6) is 0 Å².